The van der Waals surface area contributed by atoms with Gasteiger partial charge in [-0.1, -0.05) is 57.5 Å². The number of carboxylic acid groups (broad SMARTS) is 1. The second-order valence-corrected chi connectivity index (χ2v) is 6.26. The van der Waals surface area contributed by atoms with Crippen LogP contribution in [0.1, 0.15) is 58.4 Å². The molecular weight excluding hydrogens is 330 g/mol. The number of hydrogen-bond acceptors (Lipinski definition) is 3. The first kappa shape index (κ1) is 21.9. The first-order valence-electron chi connectivity index (χ1n) is 9.34. The standard InChI is InChI=1S/C21H31NO4/c1-5-8-12-16(6-2)19(17-13-10-9-11-14-17)22(20(23)21(24)25)15-18(7-3)26-4/h9-11,13-14,18H,5-8,12,15H2,1-4H3,(H,24,25). The van der Waals surface area contributed by atoms with Gasteiger partial charge in [-0.05, 0) is 36.8 Å². The summed E-state index contributed by atoms with van der Waals surface area (Å²) < 4.78 is 5.43. The van der Waals surface area contributed by atoms with E-state index in [4.69, 9.17) is 4.74 Å². The van der Waals surface area contributed by atoms with E-state index in [9.17, 15) is 14.7 Å². The molecule has 0 saturated heterocycles. The lowest BCUT2D eigenvalue weighted by Crippen LogP contribution is -2.41. The van der Waals surface area contributed by atoms with E-state index in [1.54, 1.807) is 7.11 Å². The fourth-order valence-corrected chi connectivity index (χ4v) is 2.96. The highest BCUT2D eigenvalue weighted by atomic mass is 16.5. The van der Waals surface area contributed by atoms with Crippen molar-refractivity contribution in [3.05, 3.63) is 41.5 Å². The molecule has 1 N–H and O–H groups in total. The lowest BCUT2D eigenvalue weighted by Gasteiger charge is -2.30. The van der Waals surface area contributed by atoms with Crippen LogP contribution in [0.4, 0.5) is 0 Å². The van der Waals surface area contributed by atoms with Crippen LogP contribution >= 0.6 is 0 Å². The molecule has 0 bridgehead atoms. The minimum Gasteiger partial charge on any atom is -0.474 e. The summed E-state index contributed by atoms with van der Waals surface area (Å²) in [5, 5.41) is 9.38. The molecule has 0 fully saturated rings. The van der Waals surface area contributed by atoms with E-state index in [0.29, 0.717) is 12.1 Å². The molecule has 0 aliphatic carbocycles. The maximum Gasteiger partial charge on any atom is 0.394 e. The molecule has 0 saturated carbocycles. The Balaban J connectivity index is 3.51. The van der Waals surface area contributed by atoms with E-state index in [-0.39, 0.29) is 12.6 Å². The second-order valence-electron chi connectivity index (χ2n) is 6.26. The van der Waals surface area contributed by atoms with Gasteiger partial charge < -0.3 is 9.84 Å². The molecule has 0 radical (unpaired) electrons. The Morgan fingerprint density at radius 1 is 1.15 bits per heavy atom. The van der Waals surface area contributed by atoms with Crippen LogP contribution in [0, 0.1) is 0 Å². The molecule has 0 spiro atoms. The van der Waals surface area contributed by atoms with E-state index in [1.807, 2.05) is 44.2 Å². The summed E-state index contributed by atoms with van der Waals surface area (Å²) >= 11 is 0. The average molecular weight is 361 g/mol. The summed E-state index contributed by atoms with van der Waals surface area (Å²) in [4.78, 5) is 25.5. The molecule has 5 heteroatoms. The van der Waals surface area contributed by atoms with Gasteiger partial charge in [0.15, 0.2) is 0 Å². The molecule has 144 valence electrons. The van der Waals surface area contributed by atoms with E-state index in [1.165, 1.54) is 4.90 Å². The zero-order chi connectivity index (χ0) is 19.5. The highest BCUT2D eigenvalue weighted by Gasteiger charge is 2.29. The summed E-state index contributed by atoms with van der Waals surface area (Å²) in [6.07, 6.45) is 4.10. The van der Waals surface area contributed by atoms with Gasteiger partial charge in [0.1, 0.15) is 0 Å². The molecule has 1 aromatic carbocycles. The van der Waals surface area contributed by atoms with Gasteiger partial charge in [-0.3, -0.25) is 9.69 Å². The number of amides is 1. The van der Waals surface area contributed by atoms with E-state index >= 15 is 0 Å². The summed E-state index contributed by atoms with van der Waals surface area (Å²) in [5.74, 6) is -2.36. The van der Waals surface area contributed by atoms with Crippen molar-refractivity contribution in [2.75, 3.05) is 13.7 Å². The molecule has 0 aliphatic heterocycles. The third-order valence-electron chi connectivity index (χ3n) is 4.51. The Hall–Kier alpha value is -2.14. The van der Waals surface area contributed by atoms with Crippen molar-refractivity contribution in [2.24, 2.45) is 0 Å². The number of hydrogen-bond donors (Lipinski definition) is 1. The van der Waals surface area contributed by atoms with Gasteiger partial charge in [-0.2, -0.15) is 0 Å². The smallest absolute Gasteiger partial charge is 0.394 e. The summed E-state index contributed by atoms with van der Waals surface area (Å²) in [5.41, 5.74) is 2.67. The van der Waals surface area contributed by atoms with Crippen molar-refractivity contribution >= 4 is 17.6 Å². The van der Waals surface area contributed by atoms with Crippen LogP contribution in [0.15, 0.2) is 35.9 Å². The predicted octanol–water partition coefficient (Wildman–Crippen LogP) is 4.34. The fourth-order valence-electron chi connectivity index (χ4n) is 2.96. The molecule has 0 aromatic heterocycles. The number of carbonyl (C=O) groups excluding carboxylic acids is 1. The SMILES string of the molecule is CCCCC(CC)=C(c1ccccc1)N(CC(CC)OC)C(=O)C(=O)O. The number of unbranched alkanes of at least 4 members (excludes halogenated alkanes) is 1. The van der Waals surface area contributed by atoms with Gasteiger partial charge in [-0.15, -0.1) is 0 Å². The van der Waals surface area contributed by atoms with Crippen molar-refractivity contribution in [3.8, 4) is 0 Å². The zero-order valence-corrected chi connectivity index (χ0v) is 16.3. The Kier molecular flexibility index (Phi) is 9.66. The lowest BCUT2D eigenvalue weighted by molar-refractivity contribution is -0.154. The maximum atomic E-state index is 12.6. The number of ether oxygens (including phenoxy) is 1. The average Bonchev–Trinajstić information content (AvgIpc) is 2.67. The van der Waals surface area contributed by atoms with Crippen molar-refractivity contribution in [3.63, 3.8) is 0 Å². The molecule has 26 heavy (non-hydrogen) atoms. The number of rotatable bonds is 10. The van der Waals surface area contributed by atoms with Crippen LogP contribution < -0.4 is 0 Å². The quantitative estimate of drug-likeness (QED) is 0.630. The summed E-state index contributed by atoms with van der Waals surface area (Å²) in [7, 11) is 1.58. The fraction of sp³-hybridized carbons (Fsp3) is 0.524. The van der Waals surface area contributed by atoms with Crippen LogP contribution in [0.5, 0.6) is 0 Å². The van der Waals surface area contributed by atoms with Crippen LogP contribution in [0.3, 0.4) is 0 Å². The molecule has 1 amide bonds. The predicted molar refractivity (Wildman–Crippen MR) is 104 cm³/mol. The highest BCUT2D eigenvalue weighted by molar-refractivity contribution is 6.33. The summed E-state index contributed by atoms with van der Waals surface area (Å²) in [6, 6.07) is 9.56. The number of allylic oxidation sites excluding steroid dienone is 1. The molecule has 1 atom stereocenters. The van der Waals surface area contributed by atoms with Crippen molar-refractivity contribution in [1.29, 1.82) is 0 Å². The molecule has 0 heterocycles. The van der Waals surface area contributed by atoms with E-state index in [0.717, 1.165) is 36.8 Å². The van der Waals surface area contributed by atoms with Gasteiger partial charge in [0.2, 0.25) is 0 Å². The second kappa shape index (κ2) is 11.5. The highest BCUT2D eigenvalue weighted by Crippen LogP contribution is 2.29. The van der Waals surface area contributed by atoms with Gasteiger partial charge in [0.25, 0.3) is 0 Å². The monoisotopic (exact) mass is 361 g/mol. The van der Waals surface area contributed by atoms with E-state index < -0.39 is 11.9 Å². The van der Waals surface area contributed by atoms with Crippen molar-refractivity contribution in [1.82, 2.24) is 4.90 Å². The van der Waals surface area contributed by atoms with Gasteiger partial charge >= 0.3 is 11.9 Å². The molecule has 1 unspecified atom stereocenters. The third kappa shape index (κ3) is 5.99. The Morgan fingerprint density at radius 3 is 2.27 bits per heavy atom. The van der Waals surface area contributed by atoms with Gasteiger partial charge in [0, 0.05) is 7.11 Å². The number of benzene rings is 1. The largest absolute Gasteiger partial charge is 0.474 e. The van der Waals surface area contributed by atoms with E-state index in [2.05, 4.69) is 6.92 Å². The zero-order valence-electron chi connectivity index (χ0n) is 16.3. The van der Waals surface area contributed by atoms with Crippen molar-refractivity contribution in [2.45, 2.75) is 59.0 Å². The molecule has 1 rings (SSSR count). The van der Waals surface area contributed by atoms with Crippen LogP contribution in [0.25, 0.3) is 5.70 Å². The number of nitrogens with zero attached hydrogens (tertiary/aromatic N) is 1. The summed E-state index contributed by atoms with van der Waals surface area (Å²) in [6.45, 7) is 6.35. The van der Waals surface area contributed by atoms with Crippen LogP contribution in [0.2, 0.25) is 0 Å². The minimum absolute atomic E-state index is 0.220. The Bertz CT molecular complexity index is 606. The molecule has 0 aliphatic rings. The number of aliphatic carboxylic acids is 1. The first-order chi connectivity index (χ1) is 12.5. The van der Waals surface area contributed by atoms with Crippen LogP contribution in [-0.2, 0) is 14.3 Å². The topological polar surface area (TPSA) is 66.8 Å². The Labute approximate surface area is 156 Å². The lowest BCUT2D eigenvalue weighted by atomic mass is 9.97. The molecule has 1 aromatic rings. The van der Waals surface area contributed by atoms with Crippen molar-refractivity contribution < 1.29 is 19.4 Å². The molecule has 5 nitrogen and oxygen atoms in total. The normalized spacial score (nSPS) is 13.1. The number of carboxylic acids is 1. The van der Waals surface area contributed by atoms with Gasteiger partial charge in [-0.25, -0.2) is 4.79 Å². The minimum atomic E-state index is -1.45. The third-order valence-corrected chi connectivity index (χ3v) is 4.51. The van der Waals surface area contributed by atoms with Crippen LogP contribution in [-0.4, -0.2) is 41.6 Å². The maximum absolute atomic E-state index is 12.6. The Morgan fingerprint density at radius 2 is 1.81 bits per heavy atom. The number of methoxy groups -OCH3 is 1. The van der Waals surface area contributed by atoms with Gasteiger partial charge in [0.05, 0.1) is 18.3 Å². The molecular formula is C21H31NO4. The number of carbonyl (C=O) groups is 2. The first-order valence-corrected chi connectivity index (χ1v) is 9.34.